The van der Waals surface area contributed by atoms with Crippen molar-refractivity contribution in [2.45, 2.75) is 168 Å². The molecule has 0 fully saturated rings. The van der Waals surface area contributed by atoms with E-state index in [-0.39, 0.29) is 5.97 Å². The van der Waals surface area contributed by atoms with Crippen LogP contribution >= 0.6 is 0 Å². The lowest BCUT2D eigenvalue weighted by Gasteiger charge is -2.05. The lowest BCUT2D eigenvalue weighted by atomic mass is 10.0. The molecule has 0 bridgehead atoms. The first kappa shape index (κ1) is 32.2. The number of hydrogen-bond acceptors (Lipinski definition) is 2. The van der Waals surface area contributed by atoms with Crippen LogP contribution in [0.3, 0.4) is 0 Å². The summed E-state index contributed by atoms with van der Waals surface area (Å²) in [5, 5.41) is 0. The molecule has 0 aromatic carbocycles. The van der Waals surface area contributed by atoms with Gasteiger partial charge in [-0.05, 0) is 19.3 Å². The molecule has 0 saturated carbocycles. The lowest BCUT2D eigenvalue weighted by Crippen LogP contribution is -2.05. The smallest absolute Gasteiger partial charge is 0.333 e. The first-order chi connectivity index (χ1) is 16.0. The summed E-state index contributed by atoms with van der Waals surface area (Å²) in [7, 11) is 0. The summed E-state index contributed by atoms with van der Waals surface area (Å²) in [4.78, 5) is 11.3. The van der Waals surface area contributed by atoms with Crippen molar-refractivity contribution in [1.29, 1.82) is 0 Å². The number of carbonyl (C=O) groups is 1. The van der Waals surface area contributed by atoms with E-state index in [9.17, 15) is 4.79 Å². The van der Waals surface area contributed by atoms with Gasteiger partial charge < -0.3 is 4.74 Å². The summed E-state index contributed by atoms with van der Waals surface area (Å²) in [5.41, 5.74) is 0.495. The SMILES string of the molecule is C=C(C)C(=O)OCCCCCCCCCCCCCCCCCCCCCCCCC(C)C. The highest BCUT2D eigenvalue weighted by molar-refractivity contribution is 5.86. The van der Waals surface area contributed by atoms with Gasteiger partial charge in [0, 0.05) is 5.57 Å². The molecule has 2 heteroatoms. The number of ether oxygens (including phenoxy) is 1. The van der Waals surface area contributed by atoms with Gasteiger partial charge in [-0.2, -0.15) is 0 Å². The van der Waals surface area contributed by atoms with E-state index < -0.39 is 0 Å². The molecule has 0 aliphatic heterocycles. The van der Waals surface area contributed by atoms with E-state index in [0.717, 1.165) is 12.3 Å². The molecular weight excluding hydrogens is 404 g/mol. The van der Waals surface area contributed by atoms with Crippen molar-refractivity contribution in [3.8, 4) is 0 Å². The fraction of sp³-hybridized carbons (Fsp3) is 0.903. The minimum atomic E-state index is -0.251. The molecule has 0 amide bonds. The fourth-order valence-corrected chi connectivity index (χ4v) is 4.48. The standard InChI is InChI=1S/C31H60O2/c1-29(2)27-25-23-21-19-17-15-13-11-9-7-5-6-8-10-12-14-16-18-20-22-24-26-28-33-31(32)30(3)4/h29H,3,5-28H2,1-2,4H3. The predicted molar refractivity (Wildman–Crippen MR) is 147 cm³/mol. The summed E-state index contributed by atoms with van der Waals surface area (Å²) >= 11 is 0. The molecule has 0 aliphatic rings. The number of unbranched alkanes of at least 4 members (excludes halogenated alkanes) is 21. The van der Waals surface area contributed by atoms with Crippen molar-refractivity contribution in [3.05, 3.63) is 12.2 Å². The Hall–Kier alpha value is -0.790. The van der Waals surface area contributed by atoms with Crippen molar-refractivity contribution < 1.29 is 9.53 Å². The summed E-state index contributed by atoms with van der Waals surface area (Å²) in [6.07, 6.45) is 32.2. The number of rotatable bonds is 26. The van der Waals surface area contributed by atoms with E-state index >= 15 is 0 Å². The van der Waals surface area contributed by atoms with Crippen LogP contribution < -0.4 is 0 Å². The van der Waals surface area contributed by atoms with Gasteiger partial charge in [0.15, 0.2) is 0 Å². The van der Waals surface area contributed by atoms with E-state index in [4.69, 9.17) is 4.74 Å². The Morgan fingerprint density at radius 3 is 1.09 bits per heavy atom. The predicted octanol–water partition coefficient (Wildman–Crippen LogP) is 10.7. The van der Waals surface area contributed by atoms with Gasteiger partial charge in [-0.3, -0.25) is 0 Å². The maximum atomic E-state index is 11.3. The number of esters is 1. The summed E-state index contributed by atoms with van der Waals surface area (Å²) in [6, 6.07) is 0. The second-order valence-electron chi connectivity index (χ2n) is 10.9. The van der Waals surface area contributed by atoms with Gasteiger partial charge in [-0.15, -0.1) is 0 Å². The van der Waals surface area contributed by atoms with Gasteiger partial charge in [0.25, 0.3) is 0 Å². The third-order valence-electron chi connectivity index (χ3n) is 6.76. The van der Waals surface area contributed by atoms with Gasteiger partial charge in [-0.25, -0.2) is 4.79 Å². The Kier molecular flexibility index (Phi) is 25.2. The average Bonchev–Trinajstić information content (AvgIpc) is 2.78. The minimum Gasteiger partial charge on any atom is -0.462 e. The van der Waals surface area contributed by atoms with Gasteiger partial charge >= 0.3 is 5.97 Å². The Labute approximate surface area is 208 Å². The van der Waals surface area contributed by atoms with Gasteiger partial charge in [0.2, 0.25) is 0 Å². The molecule has 0 atom stereocenters. The van der Waals surface area contributed by atoms with Gasteiger partial charge in [0.05, 0.1) is 6.61 Å². The van der Waals surface area contributed by atoms with Crippen LogP contribution in [0, 0.1) is 5.92 Å². The topological polar surface area (TPSA) is 26.3 Å². The second-order valence-corrected chi connectivity index (χ2v) is 10.9. The largest absolute Gasteiger partial charge is 0.462 e. The minimum absolute atomic E-state index is 0.251. The van der Waals surface area contributed by atoms with Crippen LogP contribution in [0.2, 0.25) is 0 Å². The molecule has 0 aromatic heterocycles. The molecule has 2 nitrogen and oxygen atoms in total. The Bertz CT molecular complexity index is 427. The normalized spacial score (nSPS) is 11.3. The molecule has 0 rings (SSSR count). The molecule has 196 valence electrons. The first-order valence-electron chi connectivity index (χ1n) is 14.9. The summed E-state index contributed by atoms with van der Waals surface area (Å²) in [5.74, 6) is 0.634. The average molecular weight is 465 g/mol. The number of carbonyl (C=O) groups excluding carboxylic acids is 1. The Morgan fingerprint density at radius 1 is 0.545 bits per heavy atom. The lowest BCUT2D eigenvalue weighted by molar-refractivity contribution is -0.139. The monoisotopic (exact) mass is 464 g/mol. The molecule has 0 radical (unpaired) electrons. The van der Waals surface area contributed by atoms with E-state index in [1.165, 1.54) is 141 Å². The summed E-state index contributed by atoms with van der Waals surface area (Å²) < 4.78 is 5.12. The highest BCUT2D eigenvalue weighted by Crippen LogP contribution is 2.16. The number of hydrogen-bond donors (Lipinski definition) is 0. The van der Waals surface area contributed by atoms with E-state index in [0.29, 0.717) is 12.2 Å². The van der Waals surface area contributed by atoms with Crippen LogP contribution in [0.5, 0.6) is 0 Å². The molecule has 0 heterocycles. The van der Waals surface area contributed by atoms with Crippen molar-refractivity contribution >= 4 is 5.97 Å². The molecular formula is C31H60O2. The molecule has 0 N–H and O–H groups in total. The molecule has 0 unspecified atom stereocenters. The third kappa shape index (κ3) is 27.3. The van der Waals surface area contributed by atoms with Crippen LogP contribution in [-0.2, 0) is 9.53 Å². The maximum absolute atomic E-state index is 11.3. The van der Waals surface area contributed by atoms with Gasteiger partial charge in [-0.1, -0.05) is 162 Å². The second kappa shape index (κ2) is 25.8. The zero-order valence-corrected chi connectivity index (χ0v) is 23.1. The van der Waals surface area contributed by atoms with Crippen molar-refractivity contribution in [2.75, 3.05) is 6.61 Å². The molecule has 33 heavy (non-hydrogen) atoms. The Morgan fingerprint density at radius 2 is 0.818 bits per heavy atom. The molecule has 0 aromatic rings. The van der Waals surface area contributed by atoms with Crippen LogP contribution in [0.1, 0.15) is 168 Å². The Balaban J connectivity index is 3.06. The highest BCUT2D eigenvalue weighted by atomic mass is 16.5. The third-order valence-corrected chi connectivity index (χ3v) is 6.76. The molecule has 0 spiro atoms. The first-order valence-corrected chi connectivity index (χ1v) is 14.9. The van der Waals surface area contributed by atoms with E-state index in [1.807, 2.05) is 0 Å². The van der Waals surface area contributed by atoms with Gasteiger partial charge in [0.1, 0.15) is 0 Å². The van der Waals surface area contributed by atoms with Crippen molar-refractivity contribution in [1.82, 2.24) is 0 Å². The molecule has 0 saturated heterocycles. The highest BCUT2D eigenvalue weighted by Gasteiger charge is 2.02. The molecule has 0 aliphatic carbocycles. The van der Waals surface area contributed by atoms with Crippen LogP contribution in [0.25, 0.3) is 0 Å². The van der Waals surface area contributed by atoms with E-state index in [1.54, 1.807) is 6.92 Å². The zero-order chi connectivity index (χ0) is 24.4. The van der Waals surface area contributed by atoms with Crippen LogP contribution in [0.15, 0.2) is 12.2 Å². The van der Waals surface area contributed by atoms with Crippen LogP contribution in [0.4, 0.5) is 0 Å². The van der Waals surface area contributed by atoms with Crippen LogP contribution in [-0.4, -0.2) is 12.6 Å². The summed E-state index contributed by atoms with van der Waals surface area (Å²) in [6.45, 7) is 10.5. The van der Waals surface area contributed by atoms with E-state index in [2.05, 4.69) is 20.4 Å². The fourth-order valence-electron chi connectivity index (χ4n) is 4.48. The van der Waals surface area contributed by atoms with Crippen molar-refractivity contribution in [3.63, 3.8) is 0 Å². The van der Waals surface area contributed by atoms with Crippen molar-refractivity contribution in [2.24, 2.45) is 5.92 Å². The maximum Gasteiger partial charge on any atom is 0.333 e. The quantitative estimate of drug-likeness (QED) is 0.0722. The zero-order valence-electron chi connectivity index (χ0n) is 23.1.